The first-order valence-corrected chi connectivity index (χ1v) is 16.3. The summed E-state index contributed by atoms with van der Waals surface area (Å²) in [5, 5.41) is 6.00. The van der Waals surface area contributed by atoms with Gasteiger partial charge in [0.15, 0.2) is 0 Å². The Kier molecular flexibility index (Phi) is 13.2. The summed E-state index contributed by atoms with van der Waals surface area (Å²) in [6.45, 7) is 8.68. The van der Waals surface area contributed by atoms with Crippen LogP contribution < -0.4 is 10.6 Å². The van der Waals surface area contributed by atoms with Crippen LogP contribution in [0.2, 0.25) is 0 Å². The van der Waals surface area contributed by atoms with Gasteiger partial charge in [-0.05, 0) is 49.1 Å². The van der Waals surface area contributed by atoms with E-state index in [1.54, 1.807) is 16.2 Å². The van der Waals surface area contributed by atoms with Crippen LogP contribution in [0.15, 0.2) is 29.8 Å². The van der Waals surface area contributed by atoms with Gasteiger partial charge in [-0.15, -0.1) is 11.3 Å². The maximum atomic E-state index is 13.7. The van der Waals surface area contributed by atoms with Gasteiger partial charge in [-0.1, -0.05) is 70.7 Å². The molecule has 2 aromatic rings. The highest BCUT2D eigenvalue weighted by Gasteiger charge is 2.41. The summed E-state index contributed by atoms with van der Waals surface area (Å²) in [6.07, 6.45) is 7.60. The smallest absolute Gasteiger partial charge is 0.305 e. The number of ether oxygens (including phenoxy) is 1. The summed E-state index contributed by atoms with van der Waals surface area (Å²) in [4.78, 5) is 58.1. The molecule has 3 rings (SSSR count). The molecule has 0 bridgehead atoms. The van der Waals surface area contributed by atoms with Crippen LogP contribution in [0.4, 0.5) is 0 Å². The van der Waals surface area contributed by atoms with Crippen molar-refractivity contribution in [3.05, 3.63) is 41.0 Å². The van der Waals surface area contributed by atoms with Gasteiger partial charge in [-0.2, -0.15) is 0 Å². The summed E-state index contributed by atoms with van der Waals surface area (Å²) < 4.78 is 4.66. The average molecular weight is 613 g/mol. The molecule has 2 N–H and O–H groups in total. The van der Waals surface area contributed by atoms with Crippen LogP contribution in [0, 0.1) is 12.3 Å². The first-order valence-electron chi connectivity index (χ1n) is 15.4. The highest BCUT2D eigenvalue weighted by atomic mass is 32.1. The Morgan fingerprint density at radius 2 is 1.67 bits per heavy atom. The molecule has 0 spiro atoms. The summed E-state index contributed by atoms with van der Waals surface area (Å²) in [6, 6.07) is 6.82. The van der Waals surface area contributed by atoms with Crippen LogP contribution in [-0.2, 0) is 30.5 Å². The topological polar surface area (TPSA) is 118 Å². The summed E-state index contributed by atoms with van der Waals surface area (Å²) in [7, 11) is 1.40. The molecule has 0 unspecified atom stereocenters. The van der Waals surface area contributed by atoms with Crippen LogP contribution >= 0.6 is 11.3 Å². The molecular weight excluding hydrogens is 564 g/mol. The molecule has 0 radical (unpaired) electrons. The van der Waals surface area contributed by atoms with Crippen LogP contribution in [0.5, 0.6) is 0 Å². The Hall–Kier alpha value is -3.27. The van der Waals surface area contributed by atoms with Crippen molar-refractivity contribution < 1.29 is 23.9 Å². The van der Waals surface area contributed by atoms with Crippen molar-refractivity contribution in [3.63, 3.8) is 0 Å². The zero-order valence-corrected chi connectivity index (χ0v) is 27.2. The van der Waals surface area contributed by atoms with Crippen LogP contribution in [0.3, 0.4) is 0 Å². The number of aromatic nitrogens is 1. The summed E-state index contributed by atoms with van der Waals surface area (Å²) in [5.74, 6) is -0.687. The average Bonchev–Trinajstić information content (AvgIpc) is 3.64. The second-order valence-electron chi connectivity index (χ2n) is 12.4. The van der Waals surface area contributed by atoms with Gasteiger partial charge < -0.3 is 20.3 Å². The van der Waals surface area contributed by atoms with E-state index in [-0.39, 0.29) is 23.7 Å². The quantitative estimate of drug-likeness (QED) is 0.201. The van der Waals surface area contributed by atoms with Gasteiger partial charge in [-0.3, -0.25) is 19.2 Å². The van der Waals surface area contributed by atoms with E-state index in [0.717, 1.165) is 66.6 Å². The van der Waals surface area contributed by atoms with Crippen molar-refractivity contribution in [2.75, 3.05) is 13.7 Å². The molecule has 43 heavy (non-hydrogen) atoms. The SMILES string of the molecule is COC(=O)CCCCCCCCC(=O)N[C@H](C(=O)N1CCC[C@H]1C(=O)NCc1ccc(-c2scnc2C)cc1)C(C)(C)C. The van der Waals surface area contributed by atoms with E-state index < -0.39 is 17.5 Å². The molecule has 2 atom stereocenters. The Balaban J connectivity index is 1.47. The summed E-state index contributed by atoms with van der Waals surface area (Å²) >= 11 is 1.61. The van der Waals surface area contributed by atoms with Crippen LogP contribution in [0.1, 0.15) is 96.2 Å². The molecule has 1 aliphatic rings. The molecule has 2 heterocycles. The van der Waals surface area contributed by atoms with Gasteiger partial charge in [0, 0.05) is 25.9 Å². The monoisotopic (exact) mass is 612 g/mol. The fourth-order valence-corrected chi connectivity index (χ4v) is 6.19. The molecule has 1 aromatic carbocycles. The predicted octanol–water partition coefficient (Wildman–Crippen LogP) is 5.55. The van der Waals surface area contributed by atoms with Crippen molar-refractivity contribution in [2.45, 2.75) is 111 Å². The first-order chi connectivity index (χ1) is 20.5. The molecule has 0 saturated carbocycles. The van der Waals surface area contributed by atoms with Crippen LogP contribution in [0.25, 0.3) is 10.4 Å². The minimum Gasteiger partial charge on any atom is -0.469 e. The van der Waals surface area contributed by atoms with E-state index in [4.69, 9.17) is 0 Å². The molecule has 1 aliphatic heterocycles. The number of carbonyl (C=O) groups is 4. The maximum Gasteiger partial charge on any atom is 0.305 e. The lowest BCUT2D eigenvalue weighted by Crippen LogP contribution is -2.57. The third kappa shape index (κ3) is 10.4. The molecule has 10 heteroatoms. The normalized spacial score (nSPS) is 15.7. The number of amides is 3. The number of benzene rings is 1. The number of thiazole rings is 1. The van der Waals surface area contributed by atoms with Crippen LogP contribution in [-0.4, -0.2) is 59.3 Å². The van der Waals surface area contributed by atoms with Gasteiger partial charge in [0.05, 0.1) is 23.2 Å². The Labute approximate surface area is 260 Å². The Morgan fingerprint density at radius 1 is 1.02 bits per heavy atom. The minimum atomic E-state index is -0.713. The Morgan fingerprint density at radius 3 is 2.28 bits per heavy atom. The maximum absolute atomic E-state index is 13.7. The number of esters is 1. The number of methoxy groups -OCH3 is 1. The van der Waals surface area contributed by atoms with Crippen molar-refractivity contribution in [1.29, 1.82) is 0 Å². The lowest BCUT2D eigenvalue weighted by Gasteiger charge is -2.35. The molecule has 3 amide bonds. The number of nitrogens with zero attached hydrogens (tertiary/aromatic N) is 2. The number of nitrogens with one attached hydrogen (secondary N) is 2. The van der Waals surface area contributed by atoms with E-state index in [2.05, 4.69) is 20.4 Å². The lowest BCUT2D eigenvalue weighted by atomic mass is 9.85. The highest BCUT2D eigenvalue weighted by molar-refractivity contribution is 7.13. The number of rotatable bonds is 15. The summed E-state index contributed by atoms with van der Waals surface area (Å²) in [5.41, 5.74) is 4.42. The fraction of sp³-hybridized carbons (Fsp3) is 0.606. The van der Waals surface area contributed by atoms with Gasteiger partial charge in [0.2, 0.25) is 17.7 Å². The molecule has 0 aliphatic carbocycles. The molecule has 236 valence electrons. The zero-order chi connectivity index (χ0) is 31.4. The van der Waals surface area contributed by atoms with E-state index >= 15 is 0 Å². The van der Waals surface area contributed by atoms with E-state index in [1.165, 1.54) is 7.11 Å². The molecule has 1 aromatic heterocycles. The third-order valence-corrected chi connectivity index (χ3v) is 8.93. The van der Waals surface area contributed by atoms with E-state index in [9.17, 15) is 19.2 Å². The van der Waals surface area contributed by atoms with E-state index in [1.807, 2.05) is 57.5 Å². The number of aryl methyl sites for hydroxylation is 1. The largest absolute Gasteiger partial charge is 0.469 e. The number of unbranched alkanes of at least 4 members (excludes halogenated alkanes) is 5. The van der Waals surface area contributed by atoms with Crippen molar-refractivity contribution in [3.8, 4) is 10.4 Å². The molecular formula is C33H48N4O5S. The molecule has 1 saturated heterocycles. The van der Waals surface area contributed by atoms with Gasteiger partial charge in [0.25, 0.3) is 0 Å². The standard InChI is InChI=1S/C33H48N4O5S/c1-23-29(43-22-35-23)25-18-16-24(17-19-25)21-34-31(40)26-13-12-20-37(26)32(41)30(33(2,3)4)36-27(38)14-10-8-6-7-9-11-15-28(39)42-5/h16-19,22,26,30H,6-15,20-21H2,1-5H3,(H,34,40)(H,36,38)/t26-,30+/m0/s1. The van der Waals surface area contributed by atoms with Crippen molar-refractivity contribution in [2.24, 2.45) is 5.41 Å². The fourth-order valence-electron chi connectivity index (χ4n) is 5.37. The number of hydrogen-bond donors (Lipinski definition) is 2. The number of carbonyl (C=O) groups excluding carboxylic acids is 4. The van der Waals surface area contributed by atoms with Crippen molar-refractivity contribution >= 4 is 35.0 Å². The van der Waals surface area contributed by atoms with Gasteiger partial charge in [0.1, 0.15) is 12.1 Å². The highest BCUT2D eigenvalue weighted by Crippen LogP contribution is 2.28. The second kappa shape index (κ2) is 16.5. The van der Waals surface area contributed by atoms with Gasteiger partial charge in [-0.25, -0.2) is 4.98 Å². The minimum absolute atomic E-state index is 0.142. The molecule has 1 fully saturated rings. The third-order valence-electron chi connectivity index (χ3n) is 7.95. The second-order valence-corrected chi connectivity index (χ2v) is 13.3. The zero-order valence-electron chi connectivity index (χ0n) is 26.4. The van der Waals surface area contributed by atoms with E-state index in [0.29, 0.717) is 32.4 Å². The lowest BCUT2D eigenvalue weighted by molar-refractivity contribution is -0.144. The predicted molar refractivity (Wildman–Crippen MR) is 169 cm³/mol. The Bertz CT molecular complexity index is 1220. The van der Waals surface area contributed by atoms with Gasteiger partial charge >= 0.3 is 5.97 Å². The number of hydrogen-bond acceptors (Lipinski definition) is 7. The number of likely N-dealkylation sites (tertiary alicyclic amines) is 1. The van der Waals surface area contributed by atoms with Crippen molar-refractivity contribution in [1.82, 2.24) is 20.5 Å². The molecule has 9 nitrogen and oxygen atoms in total. The first kappa shape index (κ1) is 34.2.